The minimum atomic E-state index is -0.389. The molecule has 0 radical (unpaired) electrons. The van der Waals surface area contributed by atoms with Crippen LogP contribution in [-0.4, -0.2) is 87.7 Å². The number of carbonyl (C=O) groups is 6. The number of amides is 2. The number of nitrogens with zero attached hydrogens (tertiary/aromatic N) is 3. The van der Waals surface area contributed by atoms with Crippen LogP contribution in [0.25, 0.3) is 0 Å². The highest BCUT2D eigenvalue weighted by molar-refractivity contribution is 6.21. The van der Waals surface area contributed by atoms with Gasteiger partial charge in [-0.3, -0.25) is 28.8 Å². The number of hydrogen-bond acceptors (Lipinski definition) is 15. The molecule has 0 aromatic heterocycles. The van der Waals surface area contributed by atoms with Crippen LogP contribution < -0.4 is 39.1 Å². The molecule has 13 rings (SSSR count). The van der Waals surface area contributed by atoms with E-state index in [9.17, 15) is 28.8 Å². The van der Waals surface area contributed by atoms with Gasteiger partial charge in [0.05, 0.1) is 31.3 Å². The molecule has 16 bridgehead atoms. The summed E-state index contributed by atoms with van der Waals surface area (Å²) in [6.07, 6.45) is 5.73. The van der Waals surface area contributed by atoms with Crippen LogP contribution in [0.4, 0.5) is 0 Å². The van der Waals surface area contributed by atoms with Crippen molar-refractivity contribution in [1.82, 2.24) is 10.6 Å². The van der Waals surface area contributed by atoms with E-state index in [0.29, 0.717) is 67.9 Å². The Labute approximate surface area is 508 Å². The molecule has 0 atom stereocenters. The minimum absolute atomic E-state index is 0.0454. The van der Waals surface area contributed by atoms with Crippen molar-refractivity contribution in [2.45, 2.75) is 98.8 Å². The fourth-order valence-corrected chi connectivity index (χ4v) is 9.61. The third-order valence-corrected chi connectivity index (χ3v) is 13.7. The molecule has 0 saturated heterocycles. The van der Waals surface area contributed by atoms with E-state index in [2.05, 4.69) is 52.2 Å². The van der Waals surface area contributed by atoms with E-state index in [0.717, 1.165) is 11.1 Å². The van der Waals surface area contributed by atoms with Gasteiger partial charge in [-0.25, -0.2) is 0 Å². The molecule has 8 aliphatic rings. The van der Waals surface area contributed by atoms with Crippen LogP contribution in [0.2, 0.25) is 0 Å². The van der Waals surface area contributed by atoms with Crippen LogP contribution >= 0.6 is 0 Å². The maximum Gasteiger partial charge on any atom is 0.251 e. The quantitative estimate of drug-likeness (QED) is 0.137. The predicted molar refractivity (Wildman–Crippen MR) is 328 cm³/mol. The lowest BCUT2D eigenvalue weighted by Gasteiger charge is -2.27. The summed E-state index contributed by atoms with van der Waals surface area (Å²) in [6.45, 7) is 17.8. The van der Waals surface area contributed by atoms with Crippen LogP contribution in [0.1, 0.15) is 116 Å². The van der Waals surface area contributed by atoms with Gasteiger partial charge in [0.2, 0.25) is 0 Å². The normalized spacial score (nSPS) is 15.7. The number of carbonyl (C=O) groups excluding carboxylic acids is 6. The van der Waals surface area contributed by atoms with Crippen LogP contribution in [-0.2, 0) is 55.7 Å². The summed E-state index contributed by atoms with van der Waals surface area (Å²) in [5, 5.41) is 27.6. The van der Waals surface area contributed by atoms with Gasteiger partial charge in [-0.1, -0.05) is 71.9 Å². The summed E-state index contributed by atoms with van der Waals surface area (Å²) in [5.41, 5.74) is 5.41. The summed E-state index contributed by atoms with van der Waals surface area (Å²) in [4.78, 5) is 83.3. The maximum atomic E-state index is 14.8. The molecule has 0 unspecified atom stereocenters. The fourth-order valence-electron chi connectivity index (χ4n) is 9.61. The molecule has 5 aliphatic heterocycles. The molecule has 5 aromatic carbocycles. The van der Waals surface area contributed by atoms with Crippen molar-refractivity contribution in [3.8, 4) is 52.7 Å². The van der Waals surface area contributed by atoms with Crippen molar-refractivity contribution in [2.24, 2.45) is 0 Å². The number of benzene rings is 5. The van der Waals surface area contributed by atoms with Crippen molar-refractivity contribution in [3.05, 3.63) is 188 Å². The van der Waals surface area contributed by atoms with Gasteiger partial charge in [0.25, 0.3) is 11.8 Å². The first-order valence-electron chi connectivity index (χ1n) is 28.5. The summed E-state index contributed by atoms with van der Waals surface area (Å²) in [7, 11) is 0. The zero-order valence-corrected chi connectivity index (χ0v) is 50.8. The van der Waals surface area contributed by atoms with E-state index in [1.807, 2.05) is 24.3 Å². The lowest BCUT2D eigenvalue weighted by Crippen LogP contribution is -2.30. The van der Waals surface area contributed by atoms with Crippen LogP contribution in [0.5, 0.6) is 34.5 Å². The molecule has 2 N–H and O–H groups in total. The first-order valence-corrected chi connectivity index (χ1v) is 28.5. The zero-order chi connectivity index (χ0) is 63.3. The number of allylic oxidation sites excluding steroid dienone is 8. The molecular weight excluding hydrogens is 1100 g/mol. The Hall–Kier alpha value is -10.1. The van der Waals surface area contributed by atoms with Gasteiger partial charge in [-0.2, -0.15) is 15.8 Å². The number of rotatable bonds is 0. The number of Topliss-reactive ketones (excluding diaryl/α,β-unsaturated/α-hetero) is 2. The van der Waals surface area contributed by atoms with Crippen molar-refractivity contribution in [3.63, 3.8) is 0 Å². The van der Waals surface area contributed by atoms with Crippen molar-refractivity contribution >= 4 is 34.9 Å². The van der Waals surface area contributed by atoms with Crippen LogP contribution in [0.15, 0.2) is 144 Å². The largest absolute Gasteiger partial charge is 0.492 e. The number of nitriles is 3. The second-order valence-corrected chi connectivity index (χ2v) is 22.4. The fraction of sp³-hybridized carbons (Fsp3) is 0.329. The average molecular weight is 1180 g/mol. The second-order valence-electron chi connectivity index (χ2n) is 22.4. The molecule has 2 amide bonds. The van der Waals surface area contributed by atoms with E-state index in [-0.39, 0.29) is 146 Å². The highest BCUT2D eigenvalue weighted by Crippen LogP contribution is 2.40. The Morgan fingerprint density at radius 1 is 0.391 bits per heavy atom. The highest BCUT2D eigenvalue weighted by Gasteiger charge is 2.32. The van der Waals surface area contributed by atoms with Crippen molar-refractivity contribution < 1.29 is 57.2 Å². The van der Waals surface area contributed by atoms with E-state index in [1.165, 1.54) is 51.1 Å². The van der Waals surface area contributed by atoms with Gasteiger partial charge in [0.15, 0.2) is 23.1 Å². The van der Waals surface area contributed by atoms with Crippen molar-refractivity contribution in [2.75, 3.05) is 52.7 Å². The van der Waals surface area contributed by atoms with E-state index in [4.69, 9.17) is 44.2 Å². The molecule has 17 nitrogen and oxygen atoms in total. The molecule has 3 aliphatic carbocycles. The second kappa shape index (κ2) is 31.2. The van der Waals surface area contributed by atoms with E-state index < -0.39 is 0 Å². The third-order valence-electron chi connectivity index (χ3n) is 13.7. The summed E-state index contributed by atoms with van der Waals surface area (Å²) in [5.74, 6) is 1.15. The van der Waals surface area contributed by atoms with Gasteiger partial charge in [0, 0.05) is 79.9 Å². The zero-order valence-electron chi connectivity index (χ0n) is 50.8. The summed E-state index contributed by atoms with van der Waals surface area (Å²) in [6, 6.07) is 33.7. The van der Waals surface area contributed by atoms with Gasteiger partial charge in [-0.15, -0.1) is 0 Å². The monoisotopic (exact) mass is 1180 g/mol. The molecular formula is C70H73N5O12. The number of ketones is 4. The maximum absolute atomic E-state index is 14.8. The third kappa shape index (κ3) is 19.0. The summed E-state index contributed by atoms with van der Waals surface area (Å²) >= 11 is 0. The highest BCUT2D eigenvalue weighted by atomic mass is 16.5. The van der Waals surface area contributed by atoms with Gasteiger partial charge in [-0.05, 0) is 135 Å². The first kappa shape index (κ1) is 66.1. The van der Waals surface area contributed by atoms with Crippen molar-refractivity contribution in [1.29, 1.82) is 15.8 Å². The molecule has 0 fully saturated rings. The van der Waals surface area contributed by atoms with Gasteiger partial charge in [0.1, 0.15) is 74.1 Å². The molecule has 0 saturated carbocycles. The minimum Gasteiger partial charge on any atom is -0.492 e. The lowest BCUT2D eigenvalue weighted by atomic mass is 9.79. The topological polar surface area (TPSA) is 253 Å². The Balaban J connectivity index is 0.00000127. The van der Waals surface area contributed by atoms with E-state index in [1.54, 1.807) is 84.9 Å². The Kier molecular flexibility index (Phi) is 23.7. The lowest BCUT2D eigenvalue weighted by molar-refractivity contribution is -0.115. The van der Waals surface area contributed by atoms with Gasteiger partial charge < -0.3 is 39.1 Å². The van der Waals surface area contributed by atoms with Crippen LogP contribution in [0.3, 0.4) is 0 Å². The smallest absolute Gasteiger partial charge is 0.251 e. The predicted octanol–water partition coefficient (Wildman–Crippen LogP) is 10.6. The standard InChI is InChI=1S/C64H64N2O12.3C2H3N/c1-63(2,3)49-31-45-27-41-35-51(67)37-43(57(41)69)29-47-33-50(64(4,5)6)34-48-30-44-38-52(68)36-42(58(44)70)28-46(32-49)59(45)77-24-22-75-55-14-10-53(11-15-55)73-20-18-65-61(71)39-8-7-9-40(26-39)62(72)66-19-21-74-54-12-16-56(17-13-54)76-23-25-78-60(47)48;3*1-2-3/h7-17,26,31-38H,18-25,27-30H2,1-6H3,(H,65,71)(H,66,72);3*1H3. The SMILES string of the molecule is CC#N.CC#N.CC#N.CC(C)(C)c1cc2c3c(c1)CC1=CC(=O)C=C(Cc4cc(C(C)(C)C)cc(c4OCCOc4ccc(cc4)OCCNC(=O)c4cccc(c4)C(=O)NCCOc4ccc(cc4)OCCO3)CC3=CC(=O)C=C(C2)C3=O)C1=O. The Morgan fingerprint density at radius 2 is 0.655 bits per heavy atom. The Morgan fingerprint density at radius 3 is 0.931 bits per heavy atom. The number of nitrogens with one attached hydrogen (secondary N) is 2. The molecule has 0 spiro atoms. The Bertz CT molecular complexity index is 3290. The molecule has 5 aromatic rings. The molecule has 5 heterocycles. The van der Waals surface area contributed by atoms with Gasteiger partial charge >= 0.3 is 0 Å². The molecule has 17 heteroatoms. The average Bonchev–Trinajstić information content (AvgIpc) is 1.65. The molecule has 87 heavy (non-hydrogen) atoms. The summed E-state index contributed by atoms with van der Waals surface area (Å²) < 4.78 is 37.3. The first-order chi connectivity index (χ1) is 41.6. The number of hydrogen-bond donors (Lipinski definition) is 2. The number of ether oxygens (including phenoxy) is 6. The van der Waals surface area contributed by atoms with Crippen LogP contribution in [0, 0.1) is 34.0 Å². The molecule has 450 valence electrons. The van der Waals surface area contributed by atoms with E-state index >= 15 is 0 Å².